The maximum absolute atomic E-state index is 15.3. The van der Waals surface area contributed by atoms with Crippen LogP contribution in [0.15, 0.2) is 47.4 Å². The number of aryl methyl sites for hydroxylation is 1. The van der Waals surface area contributed by atoms with Crippen LogP contribution in [0.4, 0.5) is 35.1 Å². The highest BCUT2D eigenvalue weighted by Gasteiger charge is 2.72. The first-order valence-corrected chi connectivity index (χ1v) is 13.5. The second-order valence-corrected chi connectivity index (χ2v) is 11.8. The Hall–Kier alpha value is -2.78. The number of carbonyl (C=O) groups excluding carboxylic acids is 1. The zero-order valence-corrected chi connectivity index (χ0v) is 21.5. The second-order valence-electron chi connectivity index (χ2n) is 9.55. The number of benzene rings is 2. The maximum atomic E-state index is 15.3. The topological polar surface area (TPSA) is 83.9 Å². The predicted molar refractivity (Wildman–Crippen MR) is 123 cm³/mol. The molecule has 1 unspecified atom stereocenters. The highest BCUT2D eigenvalue weighted by molar-refractivity contribution is 7.92. The number of fused-ring (bicyclic) bond motifs is 3. The van der Waals surface area contributed by atoms with Gasteiger partial charge in [-0.25, -0.2) is 22.0 Å². The molecule has 15 heteroatoms. The number of aliphatic hydroxyl groups is 1. The van der Waals surface area contributed by atoms with E-state index in [0.29, 0.717) is 12.1 Å². The van der Waals surface area contributed by atoms with Crippen molar-refractivity contribution in [1.82, 2.24) is 4.90 Å². The lowest BCUT2D eigenvalue weighted by molar-refractivity contribution is -0.376. The van der Waals surface area contributed by atoms with Gasteiger partial charge in [-0.3, -0.25) is 4.90 Å². The molecule has 1 saturated heterocycles. The third kappa shape index (κ3) is 4.36. The maximum Gasteiger partial charge on any atom is 0.430 e. The van der Waals surface area contributed by atoms with E-state index in [-0.39, 0.29) is 37.1 Å². The molecule has 0 saturated carbocycles. The number of halogens is 8. The standard InChI is InChI=1S/C25H23F8NO5S/c1-2-39-21(35)20(27)34-12-11-22(40(37,38)17-7-5-16(26)6-8-17)18-9-4-15(13-14(18)3-10-19(22)34)23(36,24(28,29)30)25(31,32)33/h4-9,13,19-20,36H,2-3,10-12H2,1H3/t19-,20?,22-/m1/s1. The molecular weight excluding hydrogens is 578 g/mol. The Morgan fingerprint density at radius 1 is 1.10 bits per heavy atom. The quantitative estimate of drug-likeness (QED) is 0.224. The van der Waals surface area contributed by atoms with Gasteiger partial charge in [0.2, 0.25) is 0 Å². The van der Waals surface area contributed by atoms with Gasteiger partial charge in [0.25, 0.3) is 11.9 Å². The van der Waals surface area contributed by atoms with E-state index in [1.165, 1.54) is 6.92 Å². The van der Waals surface area contributed by atoms with Crippen molar-refractivity contribution in [2.45, 2.75) is 66.1 Å². The van der Waals surface area contributed by atoms with Gasteiger partial charge in [0, 0.05) is 18.2 Å². The summed E-state index contributed by atoms with van der Waals surface area (Å²) in [5.74, 6) is -2.07. The fourth-order valence-corrected chi connectivity index (χ4v) is 8.09. The zero-order valence-electron chi connectivity index (χ0n) is 20.7. The first kappa shape index (κ1) is 30.2. The Morgan fingerprint density at radius 2 is 1.70 bits per heavy atom. The molecule has 2 aromatic rings. The van der Waals surface area contributed by atoms with Gasteiger partial charge in [0.15, 0.2) is 9.84 Å². The molecule has 1 aliphatic carbocycles. The summed E-state index contributed by atoms with van der Waals surface area (Å²) in [5.41, 5.74) is -7.25. The van der Waals surface area contributed by atoms with Crippen LogP contribution in [0, 0.1) is 5.82 Å². The number of alkyl halides is 7. The number of hydrogen-bond acceptors (Lipinski definition) is 6. The Morgan fingerprint density at radius 3 is 2.25 bits per heavy atom. The molecule has 1 heterocycles. The summed E-state index contributed by atoms with van der Waals surface area (Å²) >= 11 is 0. The predicted octanol–water partition coefficient (Wildman–Crippen LogP) is 4.69. The molecule has 0 aromatic heterocycles. The minimum atomic E-state index is -6.17. The third-order valence-corrected chi connectivity index (χ3v) is 10.1. The van der Waals surface area contributed by atoms with Crippen molar-refractivity contribution in [3.8, 4) is 0 Å². The minimum Gasteiger partial charge on any atom is -0.463 e. The molecule has 1 aliphatic heterocycles. The molecule has 0 spiro atoms. The van der Waals surface area contributed by atoms with Crippen LogP contribution < -0.4 is 0 Å². The van der Waals surface area contributed by atoms with Crippen LogP contribution in [0.2, 0.25) is 0 Å². The normalized spacial score (nSPS) is 22.9. The second kappa shape index (κ2) is 9.94. The van der Waals surface area contributed by atoms with E-state index in [0.717, 1.165) is 35.2 Å². The Kier molecular flexibility index (Phi) is 7.50. The van der Waals surface area contributed by atoms with E-state index in [4.69, 9.17) is 4.74 Å². The molecule has 2 aliphatic rings. The summed E-state index contributed by atoms with van der Waals surface area (Å²) in [6.07, 6.45) is -15.7. The lowest BCUT2D eigenvalue weighted by atomic mass is 9.76. The van der Waals surface area contributed by atoms with E-state index in [1.807, 2.05) is 0 Å². The van der Waals surface area contributed by atoms with Crippen LogP contribution in [0.1, 0.15) is 36.5 Å². The van der Waals surface area contributed by atoms with Gasteiger partial charge in [-0.2, -0.15) is 26.3 Å². The van der Waals surface area contributed by atoms with Gasteiger partial charge in [-0.05, 0) is 61.6 Å². The zero-order chi connectivity index (χ0) is 29.9. The Balaban J connectivity index is 1.94. The van der Waals surface area contributed by atoms with Crippen molar-refractivity contribution >= 4 is 15.8 Å². The van der Waals surface area contributed by atoms with Gasteiger partial charge >= 0.3 is 18.3 Å². The molecule has 0 radical (unpaired) electrons. The van der Waals surface area contributed by atoms with E-state index in [9.17, 15) is 49.1 Å². The molecule has 1 fully saturated rings. The van der Waals surface area contributed by atoms with Crippen molar-refractivity contribution in [3.05, 3.63) is 65.0 Å². The fourth-order valence-electron chi connectivity index (χ4n) is 5.72. The lowest BCUT2D eigenvalue weighted by Crippen LogP contribution is -2.55. The summed E-state index contributed by atoms with van der Waals surface area (Å²) < 4.78 is 141. The first-order valence-electron chi connectivity index (χ1n) is 12.0. The fraction of sp³-hybridized carbons (Fsp3) is 0.480. The number of rotatable bonds is 6. The molecule has 2 aromatic carbocycles. The van der Waals surface area contributed by atoms with Gasteiger partial charge in [0.1, 0.15) is 10.6 Å². The number of esters is 1. The monoisotopic (exact) mass is 601 g/mol. The number of nitrogens with zero attached hydrogens (tertiary/aromatic N) is 1. The number of likely N-dealkylation sites (tertiary alicyclic amines) is 1. The van der Waals surface area contributed by atoms with Gasteiger partial charge in [-0.1, -0.05) is 18.2 Å². The van der Waals surface area contributed by atoms with Crippen LogP contribution in [0.5, 0.6) is 0 Å². The summed E-state index contributed by atoms with van der Waals surface area (Å²) in [5, 5.41) is 9.89. The molecule has 220 valence electrons. The van der Waals surface area contributed by atoms with Crippen molar-refractivity contribution in [2.24, 2.45) is 0 Å². The van der Waals surface area contributed by atoms with Gasteiger partial charge in [-0.15, -0.1) is 0 Å². The van der Waals surface area contributed by atoms with Crippen LogP contribution in [-0.4, -0.2) is 62.2 Å². The highest BCUT2D eigenvalue weighted by Crippen LogP contribution is 2.55. The number of sulfone groups is 1. The Labute approximate surface area is 223 Å². The lowest BCUT2D eigenvalue weighted by Gasteiger charge is -2.43. The van der Waals surface area contributed by atoms with E-state index >= 15 is 4.39 Å². The third-order valence-electron chi connectivity index (χ3n) is 7.54. The van der Waals surface area contributed by atoms with Crippen molar-refractivity contribution in [2.75, 3.05) is 13.2 Å². The van der Waals surface area contributed by atoms with Crippen LogP contribution >= 0.6 is 0 Å². The number of hydrogen-bond donors (Lipinski definition) is 1. The van der Waals surface area contributed by atoms with E-state index in [2.05, 4.69) is 0 Å². The molecule has 0 amide bonds. The van der Waals surface area contributed by atoms with Crippen LogP contribution in [0.25, 0.3) is 0 Å². The minimum absolute atomic E-state index is 0.177. The largest absolute Gasteiger partial charge is 0.463 e. The Bertz CT molecular complexity index is 1380. The molecule has 40 heavy (non-hydrogen) atoms. The van der Waals surface area contributed by atoms with Gasteiger partial charge < -0.3 is 9.84 Å². The molecule has 4 rings (SSSR count). The number of ether oxygens (including phenoxy) is 1. The SMILES string of the molecule is CCOC(=O)C(F)N1CC[C@@]2(S(=O)(=O)c3ccc(F)cc3)c3ccc(C(O)(C(F)(F)F)C(F)(F)F)cc3CC[C@@H]12. The molecule has 6 nitrogen and oxygen atoms in total. The van der Waals surface area contributed by atoms with E-state index < -0.39 is 73.5 Å². The summed E-state index contributed by atoms with van der Waals surface area (Å²) in [4.78, 5) is 12.7. The summed E-state index contributed by atoms with van der Waals surface area (Å²) in [6, 6.07) is 3.83. The molecule has 3 atom stereocenters. The van der Waals surface area contributed by atoms with Crippen LogP contribution in [-0.2, 0) is 36.1 Å². The highest BCUT2D eigenvalue weighted by atomic mass is 32.2. The average molecular weight is 602 g/mol. The van der Waals surface area contributed by atoms with E-state index in [1.54, 1.807) is 0 Å². The summed E-state index contributed by atoms with van der Waals surface area (Å²) in [6.45, 7) is 0.917. The van der Waals surface area contributed by atoms with Crippen molar-refractivity contribution in [3.63, 3.8) is 0 Å². The van der Waals surface area contributed by atoms with Crippen LogP contribution in [0.3, 0.4) is 0 Å². The molecule has 0 bridgehead atoms. The number of carbonyl (C=O) groups is 1. The molecule has 1 N–H and O–H groups in total. The van der Waals surface area contributed by atoms with Gasteiger partial charge in [0.05, 0.1) is 11.5 Å². The molecular formula is C25H23F8NO5S. The smallest absolute Gasteiger partial charge is 0.430 e. The first-order chi connectivity index (χ1) is 18.4. The average Bonchev–Trinajstić information content (AvgIpc) is 3.28. The summed E-state index contributed by atoms with van der Waals surface area (Å²) in [7, 11) is -4.63. The van der Waals surface area contributed by atoms with Crippen molar-refractivity contribution in [1.29, 1.82) is 0 Å². The van der Waals surface area contributed by atoms with Crippen molar-refractivity contribution < 1.29 is 58.2 Å².